The fourth-order valence-electron chi connectivity index (χ4n) is 4.84. The van der Waals surface area contributed by atoms with Gasteiger partial charge in [-0.25, -0.2) is 4.79 Å². The highest BCUT2D eigenvalue weighted by atomic mass is 16.5. The molecule has 36 heavy (non-hydrogen) atoms. The first-order valence-electron chi connectivity index (χ1n) is 13.1. The normalized spacial score (nSPS) is 19.3. The predicted molar refractivity (Wildman–Crippen MR) is 140 cm³/mol. The lowest BCUT2D eigenvalue weighted by atomic mass is 9.90. The molecular weight excluding hydrogens is 456 g/mol. The predicted octanol–water partition coefficient (Wildman–Crippen LogP) is 5.53. The van der Waals surface area contributed by atoms with E-state index in [1.54, 1.807) is 7.11 Å². The topological polar surface area (TPSA) is 77.1 Å². The number of carbonyl (C=O) groups is 2. The quantitative estimate of drug-likeness (QED) is 0.520. The van der Waals surface area contributed by atoms with Gasteiger partial charge in [0.15, 0.2) is 11.5 Å². The lowest BCUT2D eigenvalue weighted by Gasteiger charge is -2.20. The number of carbonyl (C=O) groups excluding carboxylic acids is 2. The maximum absolute atomic E-state index is 12.8. The van der Waals surface area contributed by atoms with Gasteiger partial charge >= 0.3 is 6.09 Å². The molecule has 7 nitrogen and oxygen atoms in total. The molecule has 2 aliphatic rings. The first-order valence-corrected chi connectivity index (χ1v) is 13.1. The Balaban J connectivity index is 0.00000176. The molecule has 0 radical (unpaired) electrons. The van der Waals surface area contributed by atoms with Crippen molar-refractivity contribution in [1.29, 1.82) is 0 Å². The van der Waals surface area contributed by atoms with Crippen LogP contribution in [0.3, 0.4) is 0 Å². The fourth-order valence-corrected chi connectivity index (χ4v) is 4.84. The van der Waals surface area contributed by atoms with E-state index in [0.717, 1.165) is 35.5 Å². The number of likely N-dealkylation sites (tertiary alicyclic amines) is 1. The highest BCUT2D eigenvalue weighted by molar-refractivity contribution is 5.82. The third-order valence-corrected chi connectivity index (χ3v) is 6.77. The summed E-state index contributed by atoms with van der Waals surface area (Å²) in [4.78, 5) is 26.6. The number of nitrogens with one attached hydrogen (secondary N) is 1. The Morgan fingerprint density at radius 3 is 2.42 bits per heavy atom. The summed E-state index contributed by atoms with van der Waals surface area (Å²) in [6.45, 7) is 7.50. The number of hydrogen-bond acceptors (Lipinski definition) is 5. The molecule has 1 aliphatic carbocycles. The van der Waals surface area contributed by atoms with E-state index in [0.29, 0.717) is 19.0 Å². The van der Waals surface area contributed by atoms with Crippen molar-refractivity contribution in [3.05, 3.63) is 59.7 Å². The van der Waals surface area contributed by atoms with E-state index in [9.17, 15) is 9.59 Å². The van der Waals surface area contributed by atoms with Crippen LogP contribution in [0.2, 0.25) is 0 Å². The van der Waals surface area contributed by atoms with E-state index in [-0.39, 0.29) is 31.1 Å². The van der Waals surface area contributed by atoms with Crippen LogP contribution in [0.4, 0.5) is 4.79 Å². The zero-order valence-corrected chi connectivity index (χ0v) is 22.0. The summed E-state index contributed by atoms with van der Waals surface area (Å²) in [5, 5.41) is 2.57. The number of amides is 2. The second-order valence-corrected chi connectivity index (χ2v) is 9.23. The van der Waals surface area contributed by atoms with Crippen LogP contribution in [-0.2, 0) is 16.1 Å². The van der Waals surface area contributed by atoms with Gasteiger partial charge in [0.2, 0.25) is 5.91 Å². The first kappa shape index (κ1) is 27.4. The molecular formula is C29H40N2O5. The number of rotatable bonds is 8. The van der Waals surface area contributed by atoms with Gasteiger partial charge in [-0.15, -0.1) is 0 Å². The second kappa shape index (κ2) is 13.8. The molecule has 2 fully saturated rings. The zero-order valence-electron chi connectivity index (χ0n) is 22.0. The molecule has 1 heterocycles. The Morgan fingerprint density at radius 2 is 1.72 bits per heavy atom. The maximum Gasteiger partial charge on any atom is 0.407 e. The summed E-state index contributed by atoms with van der Waals surface area (Å²) in [5.74, 6) is 1.91. The summed E-state index contributed by atoms with van der Waals surface area (Å²) in [7, 11) is 1.66. The molecule has 2 aromatic carbocycles. The monoisotopic (exact) mass is 496 g/mol. The van der Waals surface area contributed by atoms with Crippen molar-refractivity contribution >= 4 is 12.0 Å². The molecule has 1 saturated carbocycles. The number of benzene rings is 2. The van der Waals surface area contributed by atoms with Gasteiger partial charge in [-0.2, -0.15) is 0 Å². The number of methoxy groups -OCH3 is 1. The highest BCUT2D eigenvalue weighted by Crippen LogP contribution is 2.38. The minimum atomic E-state index is -0.593. The van der Waals surface area contributed by atoms with Gasteiger partial charge in [-0.1, -0.05) is 57.2 Å². The van der Waals surface area contributed by atoms with Crippen molar-refractivity contribution in [3.63, 3.8) is 0 Å². The SMILES string of the molecule is CC.COc1ccc([C@@H]2CN(C(=O)CNC(=O)OCc3ccccc3)C[C@@H]2C)cc1OC1CCCC1. The molecule has 0 spiro atoms. The van der Waals surface area contributed by atoms with Crippen LogP contribution in [-0.4, -0.2) is 49.7 Å². The lowest BCUT2D eigenvalue weighted by Crippen LogP contribution is -2.39. The van der Waals surface area contributed by atoms with Gasteiger partial charge < -0.3 is 24.4 Å². The molecule has 4 rings (SSSR count). The molecule has 0 unspecified atom stereocenters. The van der Waals surface area contributed by atoms with Crippen LogP contribution in [0, 0.1) is 5.92 Å². The van der Waals surface area contributed by atoms with Gasteiger partial charge in [-0.05, 0) is 54.9 Å². The van der Waals surface area contributed by atoms with Crippen molar-refractivity contribution in [2.75, 3.05) is 26.7 Å². The Morgan fingerprint density at radius 1 is 1.00 bits per heavy atom. The Bertz CT molecular complexity index is 975. The molecule has 1 saturated heterocycles. The average molecular weight is 497 g/mol. The van der Waals surface area contributed by atoms with Crippen LogP contribution >= 0.6 is 0 Å². The van der Waals surface area contributed by atoms with Gasteiger partial charge in [0.25, 0.3) is 0 Å². The second-order valence-electron chi connectivity index (χ2n) is 9.23. The van der Waals surface area contributed by atoms with Crippen molar-refractivity contribution in [2.45, 2.75) is 65.1 Å². The molecule has 2 aromatic rings. The van der Waals surface area contributed by atoms with E-state index >= 15 is 0 Å². The van der Waals surface area contributed by atoms with Gasteiger partial charge in [0, 0.05) is 19.0 Å². The molecule has 7 heteroatoms. The van der Waals surface area contributed by atoms with Gasteiger partial charge in [0.05, 0.1) is 13.2 Å². The van der Waals surface area contributed by atoms with Crippen LogP contribution in [0.5, 0.6) is 11.5 Å². The smallest absolute Gasteiger partial charge is 0.407 e. The molecule has 1 N–H and O–H groups in total. The largest absolute Gasteiger partial charge is 0.493 e. The van der Waals surface area contributed by atoms with Crippen molar-refractivity contribution in [1.82, 2.24) is 10.2 Å². The molecule has 0 aromatic heterocycles. The third-order valence-electron chi connectivity index (χ3n) is 6.77. The van der Waals surface area contributed by atoms with Crippen molar-refractivity contribution < 1.29 is 23.8 Å². The minimum absolute atomic E-state index is 0.0777. The van der Waals surface area contributed by atoms with Crippen LogP contribution in [0.25, 0.3) is 0 Å². The number of alkyl carbamates (subject to hydrolysis) is 1. The average Bonchev–Trinajstić information content (AvgIpc) is 3.57. The number of ether oxygens (including phenoxy) is 3. The Kier molecular flexibility index (Phi) is 10.5. The summed E-state index contributed by atoms with van der Waals surface area (Å²) < 4.78 is 17.0. The summed E-state index contributed by atoms with van der Waals surface area (Å²) in [6.07, 6.45) is 4.22. The van der Waals surface area contributed by atoms with E-state index in [1.807, 2.05) is 55.1 Å². The number of hydrogen-bond donors (Lipinski definition) is 1. The Hall–Kier alpha value is -3.22. The number of nitrogens with zero attached hydrogens (tertiary/aromatic N) is 1. The van der Waals surface area contributed by atoms with Crippen molar-refractivity contribution in [3.8, 4) is 11.5 Å². The van der Waals surface area contributed by atoms with E-state index < -0.39 is 6.09 Å². The zero-order chi connectivity index (χ0) is 25.9. The fraction of sp³-hybridized carbons (Fsp3) is 0.517. The minimum Gasteiger partial charge on any atom is -0.493 e. The van der Waals surface area contributed by atoms with E-state index in [2.05, 4.69) is 24.4 Å². The molecule has 1 aliphatic heterocycles. The maximum atomic E-state index is 12.8. The van der Waals surface area contributed by atoms with Crippen LogP contribution in [0.1, 0.15) is 63.5 Å². The third kappa shape index (κ3) is 7.39. The molecule has 2 atom stereocenters. The van der Waals surface area contributed by atoms with Crippen LogP contribution < -0.4 is 14.8 Å². The van der Waals surface area contributed by atoms with Crippen molar-refractivity contribution in [2.24, 2.45) is 5.92 Å². The first-order chi connectivity index (χ1) is 17.5. The van der Waals surface area contributed by atoms with Crippen LogP contribution in [0.15, 0.2) is 48.5 Å². The summed E-state index contributed by atoms with van der Waals surface area (Å²) in [6, 6.07) is 15.5. The van der Waals surface area contributed by atoms with Gasteiger partial charge in [-0.3, -0.25) is 4.79 Å². The standard InChI is InChI=1S/C27H34N2O5.C2H6/c1-19-16-29(26(30)15-28-27(31)33-18-20-8-4-3-5-9-20)17-23(19)21-12-13-24(32-2)25(14-21)34-22-10-6-7-11-22;1-2/h3-5,8-9,12-14,19,22-23H,6-7,10-11,15-18H2,1-2H3,(H,28,31);1-2H3/t19-,23+;/m0./s1. The van der Waals surface area contributed by atoms with E-state index in [1.165, 1.54) is 12.8 Å². The molecule has 196 valence electrons. The molecule has 2 amide bonds. The lowest BCUT2D eigenvalue weighted by molar-refractivity contribution is -0.129. The summed E-state index contributed by atoms with van der Waals surface area (Å²) in [5.41, 5.74) is 2.04. The molecule has 0 bridgehead atoms. The van der Waals surface area contributed by atoms with E-state index in [4.69, 9.17) is 14.2 Å². The highest BCUT2D eigenvalue weighted by Gasteiger charge is 2.34. The summed E-state index contributed by atoms with van der Waals surface area (Å²) >= 11 is 0. The van der Waals surface area contributed by atoms with Gasteiger partial charge in [0.1, 0.15) is 13.2 Å². The Labute approximate surface area is 215 Å².